The summed E-state index contributed by atoms with van der Waals surface area (Å²) in [5.41, 5.74) is 4.58. The smallest absolute Gasteiger partial charge is 0.237 e. The Hall–Kier alpha value is -2.87. The summed E-state index contributed by atoms with van der Waals surface area (Å²) in [6.07, 6.45) is 1.84. The first-order valence-electron chi connectivity index (χ1n) is 10.1. The molecule has 2 aromatic rings. The van der Waals surface area contributed by atoms with Gasteiger partial charge in [-0.3, -0.25) is 14.3 Å². The van der Waals surface area contributed by atoms with Gasteiger partial charge in [-0.15, -0.1) is 0 Å². The molecule has 8 heteroatoms. The highest BCUT2D eigenvalue weighted by molar-refractivity contribution is 7.92. The van der Waals surface area contributed by atoms with Gasteiger partial charge in [0.2, 0.25) is 21.8 Å². The van der Waals surface area contributed by atoms with Gasteiger partial charge >= 0.3 is 0 Å². The minimum absolute atomic E-state index is 0.0387. The van der Waals surface area contributed by atoms with Gasteiger partial charge in [-0.2, -0.15) is 0 Å². The molecule has 5 rings (SSSR count). The van der Waals surface area contributed by atoms with Gasteiger partial charge in [0.1, 0.15) is 0 Å². The first-order valence-corrected chi connectivity index (χ1v) is 11.8. The van der Waals surface area contributed by atoms with E-state index in [1.807, 2.05) is 42.2 Å². The summed E-state index contributed by atoms with van der Waals surface area (Å²) in [4.78, 5) is 28.8. The van der Waals surface area contributed by atoms with E-state index in [4.69, 9.17) is 0 Å². The summed E-state index contributed by atoms with van der Waals surface area (Å²) in [6, 6.07) is 11.2. The monoisotopic (exact) mass is 425 g/mol. The van der Waals surface area contributed by atoms with E-state index in [1.165, 1.54) is 0 Å². The van der Waals surface area contributed by atoms with E-state index in [9.17, 15) is 18.0 Å². The van der Waals surface area contributed by atoms with Gasteiger partial charge in [0.05, 0.1) is 28.9 Å². The molecule has 30 heavy (non-hydrogen) atoms. The fourth-order valence-corrected chi connectivity index (χ4v) is 5.70. The third kappa shape index (κ3) is 3.15. The number of rotatable bonds is 2. The highest BCUT2D eigenvalue weighted by Crippen LogP contribution is 2.42. The summed E-state index contributed by atoms with van der Waals surface area (Å²) >= 11 is 0. The maximum Gasteiger partial charge on any atom is 0.237 e. The van der Waals surface area contributed by atoms with Gasteiger partial charge in [-0.05, 0) is 60.7 Å². The zero-order valence-electron chi connectivity index (χ0n) is 16.9. The fraction of sp³-hybridized carbons (Fsp3) is 0.364. The predicted molar refractivity (Wildman–Crippen MR) is 116 cm³/mol. The summed E-state index contributed by atoms with van der Waals surface area (Å²) in [6.45, 7) is 3.97. The molecule has 0 radical (unpaired) electrons. The second-order valence-corrected chi connectivity index (χ2v) is 10.1. The molecule has 1 atom stereocenters. The van der Waals surface area contributed by atoms with Crippen LogP contribution < -0.4 is 14.5 Å². The number of benzene rings is 2. The number of hydrogen-bond acceptors (Lipinski definition) is 4. The van der Waals surface area contributed by atoms with Crippen molar-refractivity contribution in [3.63, 3.8) is 0 Å². The summed E-state index contributed by atoms with van der Waals surface area (Å²) in [7, 11) is -3.31. The average Bonchev–Trinajstić information content (AvgIpc) is 3.47. The zero-order valence-corrected chi connectivity index (χ0v) is 17.7. The Morgan fingerprint density at radius 1 is 1.03 bits per heavy atom. The minimum atomic E-state index is -3.31. The number of carbonyl (C=O) groups is 2. The number of nitrogens with zero attached hydrogens (tertiary/aromatic N) is 2. The van der Waals surface area contributed by atoms with E-state index >= 15 is 0 Å². The molecule has 1 saturated carbocycles. The molecule has 156 valence electrons. The van der Waals surface area contributed by atoms with Crippen molar-refractivity contribution in [2.45, 2.75) is 38.5 Å². The van der Waals surface area contributed by atoms with Crippen LogP contribution in [0.2, 0.25) is 0 Å². The SMILES string of the molecule is CC(=O)N1c2ccc(-c3ccc4c(c3)CS(=O)(=O)N4)cc2N(C(=O)C2CC2)C[C@@H]1C. The quantitative estimate of drug-likeness (QED) is 0.801. The maximum atomic E-state index is 13.0. The molecule has 1 aliphatic carbocycles. The second-order valence-electron chi connectivity index (χ2n) is 8.40. The molecule has 2 heterocycles. The maximum absolute atomic E-state index is 13.0. The van der Waals surface area contributed by atoms with Crippen LogP contribution in [0, 0.1) is 5.92 Å². The van der Waals surface area contributed by atoms with Crippen molar-refractivity contribution in [1.29, 1.82) is 0 Å². The van der Waals surface area contributed by atoms with Crippen molar-refractivity contribution in [1.82, 2.24) is 0 Å². The van der Waals surface area contributed by atoms with Crippen molar-refractivity contribution in [3.05, 3.63) is 42.0 Å². The summed E-state index contributed by atoms with van der Waals surface area (Å²) in [5, 5.41) is 0. The molecule has 1 fully saturated rings. The Morgan fingerprint density at radius 2 is 1.73 bits per heavy atom. The standard InChI is InChI=1S/C22H23N3O4S/c1-13-11-24(22(27)15-3-4-15)21-10-17(6-8-20(21)25(13)14(2)26)16-5-7-19-18(9-16)12-30(28,29)23-19/h5-10,13,15,23H,3-4,11-12H2,1-2H3/t13-/m0/s1. The highest BCUT2D eigenvalue weighted by Gasteiger charge is 2.39. The first kappa shape index (κ1) is 19.1. The summed E-state index contributed by atoms with van der Waals surface area (Å²) in [5.74, 6) is 0.105. The molecule has 0 unspecified atom stereocenters. The van der Waals surface area contributed by atoms with Crippen molar-refractivity contribution >= 4 is 38.9 Å². The van der Waals surface area contributed by atoms with E-state index in [0.717, 1.165) is 40.9 Å². The van der Waals surface area contributed by atoms with Crippen LogP contribution in [0.5, 0.6) is 0 Å². The van der Waals surface area contributed by atoms with Gasteiger partial charge < -0.3 is 9.80 Å². The number of anilines is 3. The van der Waals surface area contributed by atoms with Crippen LogP contribution in [0.25, 0.3) is 11.1 Å². The van der Waals surface area contributed by atoms with Crippen LogP contribution >= 0.6 is 0 Å². The first-order chi connectivity index (χ1) is 14.2. The largest absolute Gasteiger partial charge is 0.308 e. The van der Waals surface area contributed by atoms with E-state index in [1.54, 1.807) is 17.9 Å². The number of carbonyl (C=O) groups excluding carboxylic acids is 2. The molecule has 2 amide bonds. The molecule has 1 N–H and O–H groups in total. The van der Waals surface area contributed by atoms with Crippen molar-refractivity contribution in [3.8, 4) is 11.1 Å². The molecule has 0 saturated heterocycles. The molecule has 7 nitrogen and oxygen atoms in total. The molecular formula is C22H23N3O4S. The lowest BCUT2D eigenvalue weighted by Gasteiger charge is -2.41. The lowest BCUT2D eigenvalue weighted by atomic mass is 9.98. The summed E-state index contributed by atoms with van der Waals surface area (Å²) < 4.78 is 26.2. The number of amides is 2. The van der Waals surface area contributed by atoms with Gasteiger partial charge in [0.25, 0.3) is 0 Å². The van der Waals surface area contributed by atoms with Gasteiger partial charge in [-0.25, -0.2) is 8.42 Å². The molecule has 0 aromatic heterocycles. The molecular weight excluding hydrogens is 402 g/mol. The third-order valence-electron chi connectivity index (χ3n) is 5.99. The number of hydrogen-bond donors (Lipinski definition) is 1. The lowest BCUT2D eigenvalue weighted by Crippen LogP contribution is -2.51. The van der Waals surface area contributed by atoms with Crippen LogP contribution in [-0.4, -0.2) is 32.8 Å². The highest BCUT2D eigenvalue weighted by atomic mass is 32.2. The lowest BCUT2D eigenvalue weighted by molar-refractivity contribution is -0.120. The molecule has 2 aliphatic heterocycles. The van der Waals surface area contributed by atoms with Crippen LogP contribution in [-0.2, 0) is 25.4 Å². The Balaban J connectivity index is 1.59. The second kappa shape index (κ2) is 6.57. The Kier molecular flexibility index (Phi) is 4.18. The Morgan fingerprint density at radius 3 is 2.43 bits per heavy atom. The minimum Gasteiger partial charge on any atom is -0.308 e. The molecule has 3 aliphatic rings. The molecule has 0 bridgehead atoms. The van der Waals surface area contributed by atoms with Gasteiger partial charge in [-0.1, -0.05) is 12.1 Å². The van der Waals surface area contributed by atoms with Gasteiger partial charge in [0.15, 0.2) is 0 Å². The van der Waals surface area contributed by atoms with Crippen LogP contribution in [0.4, 0.5) is 17.1 Å². The van der Waals surface area contributed by atoms with Crippen molar-refractivity contribution in [2.75, 3.05) is 21.1 Å². The average molecular weight is 426 g/mol. The number of nitrogens with one attached hydrogen (secondary N) is 1. The van der Waals surface area contributed by atoms with Crippen LogP contribution in [0.1, 0.15) is 32.3 Å². The van der Waals surface area contributed by atoms with E-state index in [-0.39, 0.29) is 29.5 Å². The normalized spacial score (nSPS) is 21.6. The Labute approximate surface area is 175 Å². The van der Waals surface area contributed by atoms with Crippen molar-refractivity contribution < 1.29 is 18.0 Å². The third-order valence-corrected chi connectivity index (χ3v) is 7.22. The van der Waals surface area contributed by atoms with Crippen LogP contribution in [0.3, 0.4) is 0 Å². The fourth-order valence-electron chi connectivity index (χ4n) is 4.44. The predicted octanol–water partition coefficient (Wildman–Crippen LogP) is 3.11. The topological polar surface area (TPSA) is 86.8 Å². The number of fused-ring (bicyclic) bond motifs is 2. The Bertz CT molecular complexity index is 1190. The molecule has 2 aromatic carbocycles. The van der Waals surface area contributed by atoms with E-state index in [2.05, 4.69) is 4.72 Å². The van der Waals surface area contributed by atoms with Gasteiger partial charge in [0, 0.05) is 19.4 Å². The zero-order chi connectivity index (χ0) is 21.2. The van der Waals surface area contributed by atoms with E-state index < -0.39 is 10.0 Å². The van der Waals surface area contributed by atoms with Crippen molar-refractivity contribution in [2.24, 2.45) is 5.92 Å². The molecule has 0 spiro atoms. The van der Waals surface area contributed by atoms with E-state index in [0.29, 0.717) is 12.2 Å². The van der Waals surface area contributed by atoms with Crippen LogP contribution in [0.15, 0.2) is 36.4 Å². The number of sulfonamides is 1.